The number of rotatable bonds is 5. The van der Waals surface area contributed by atoms with Gasteiger partial charge in [-0.15, -0.1) is 0 Å². The van der Waals surface area contributed by atoms with Crippen LogP contribution in [0.5, 0.6) is 5.75 Å². The SMILES string of the molecule is CCOc1ccncc1S(=O)(=O)N1c2ccccc2CC1C(=O)O. The molecule has 1 atom stereocenters. The Balaban J connectivity index is 2.16. The lowest BCUT2D eigenvalue weighted by molar-refractivity contribution is -0.138. The number of anilines is 1. The Morgan fingerprint density at radius 2 is 2.12 bits per heavy atom. The maximum absolute atomic E-state index is 13.2. The van der Waals surface area contributed by atoms with E-state index in [4.69, 9.17) is 4.74 Å². The third kappa shape index (κ3) is 2.58. The molecule has 2 aromatic rings. The molecule has 0 bridgehead atoms. The van der Waals surface area contributed by atoms with Gasteiger partial charge in [0.25, 0.3) is 10.0 Å². The zero-order valence-electron chi connectivity index (χ0n) is 12.9. The molecule has 8 heteroatoms. The monoisotopic (exact) mass is 348 g/mol. The van der Waals surface area contributed by atoms with Crippen molar-refractivity contribution in [1.29, 1.82) is 0 Å². The Hall–Kier alpha value is -2.61. The molecule has 1 unspecified atom stereocenters. The van der Waals surface area contributed by atoms with E-state index in [0.717, 1.165) is 4.31 Å². The van der Waals surface area contributed by atoms with Crippen LogP contribution in [0.15, 0.2) is 47.6 Å². The lowest BCUT2D eigenvalue weighted by Crippen LogP contribution is -2.42. The second-order valence-electron chi connectivity index (χ2n) is 5.24. The minimum Gasteiger partial charge on any atom is -0.492 e. The van der Waals surface area contributed by atoms with Crippen molar-refractivity contribution in [3.8, 4) is 5.75 Å². The second kappa shape index (κ2) is 6.12. The maximum Gasteiger partial charge on any atom is 0.327 e. The number of carboxylic acids is 1. The number of sulfonamides is 1. The molecule has 3 rings (SSSR count). The van der Waals surface area contributed by atoms with Gasteiger partial charge in [-0.2, -0.15) is 0 Å². The van der Waals surface area contributed by atoms with Gasteiger partial charge in [-0.05, 0) is 24.6 Å². The van der Waals surface area contributed by atoms with Gasteiger partial charge in [0.05, 0.1) is 18.5 Å². The molecule has 1 aliphatic heterocycles. The number of aliphatic carboxylic acids is 1. The van der Waals surface area contributed by atoms with Crippen LogP contribution in [0.25, 0.3) is 0 Å². The number of pyridine rings is 1. The molecule has 24 heavy (non-hydrogen) atoms. The Bertz CT molecular complexity index is 882. The standard InChI is InChI=1S/C16H16N2O5S/c1-2-23-14-7-8-17-10-15(14)24(21,22)18-12-6-4-3-5-11(12)9-13(18)16(19)20/h3-8,10,13H,2,9H2,1H3,(H,19,20). The lowest BCUT2D eigenvalue weighted by atomic mass is 10.1. The molecular formula is C16H16N2O5S. The molecule has 0 saturated heterocycles. The van der Waals surface area contributed by atoms with Crippen molar-refractivity contribution >= 4 is 21.7 Å². The van der Waals surface area contributed by atoms with Gasteiger partial charge in [0.1, 0.15) is 16.7 Å². The summed E-state index contributed by atoms with van der Waals surface area (Å²) in [5, 5.41) is 9.49. The minimum absolute atomic E-state index is 0.120. The summed E-state index contributed by atoms with van der Waals surface area (Å²) in [7, 11) is -4.13. The van der Waals surface area contributed by atoms with Crippen molar-refractivity contribution < 1.29 is 23.1 Å². The third-order valence-electron chi connectivity index (χ3n) is 3.79. The first-order chi connectivity index (χ1) is 11.5. The summed E-state index contributed by atoms with van der Waals surface area (Å²) in [6.07, 6.45) is 2.73. The molecule has 1 aromatic heterocycles. The zero-order chi connectivity index (χ0) is 17.3. The fraction of sp³-hybridized carbons (Fsp3) is 0.250. The largest absolute Gasteiger partial charge is 0.492 e. The van der Waals surface area contributed by atoms with Crippen LogP contribution >= 0.6 is 0 Å². The molecule has 7 nitrogen and oxygen atoms in total. The molecule has 0 fully saturated rings. The second-order valence-corrected chi connectivity index (χ2v) is 7.03. The average molecular weight is 348 g/mol. The third-order valence-corrected chi connectivity index (χ3v) is 5.63. The van der Waals surface area contributed by atoms with Gasteiger partial charge in [-0.25, -0.2) is 13.2 Å². The molecule has 126 valence electrons. The number of aromatic nitrogens is 1. The summed E-state index contributed by atoms with van der Waals surface area (Å²) in [6, 6.07) is 7.03. The van der Waals surface area contributed by atoms with E-state index in [2.05, 4.69) is 4.98 Å². The van der Waals surface area contributed by atoms with Gasteiger partial charge < -0.3 is 9.84 Å². The van der Waals surface area contributed by atoms with Gasteiger partial charge in [0.2, 0.25) is 0 Å². The number of carbonyl (C=O) groups is 1. The van der Waals surface area contributed by atoms with Crippen LogP contribution in [0, 0.1) is 0 Å². The van der Waals surface area contributed by atoms with Crippen molar-refractivity contribution in [1.82, 2.24) is 4.98 Å². The van der Waals surface area contributed by atoms with Gasteiger partial charge in [0.15, 0.2) is 0 Å². The van der Waals surface area contributed by atoms with E-state index in [0.29, 0.717) is 11.3 Å². The zero-order valence-corrected chi connectivity index (χ0v) is 13.7. The summed E-state index contributed by atoms with van der Waals surface area (Å²) >= 11 is 0. The Kier molecular flexibility index (Phi) is 4.15. The Labute approximate surface area is 139 Å². The van der Waals surface area contributed by atoms with Crippen LogP contribution in [-0.2, 0) is 21.2 Å². The van der Waals surface area contributed by atoms with E-state index in [1.165, 1.54) is 18.5 Å². The van der Waals surface area contributed by atoms with Gasteiger partial charge in [0, 0.05) is 12.6 Å². The number of carboxylic acid groups (broad SMARTS) is 1. The van der Waals surface area contributed by atoms with Crippen molar-refractivity contribution in [2.75, 3.05) is 10.9 Å². The first kappa shape index (κ1) is 16.3. The highest BCUT2D eigenvalue weighted by Crippen LogP contribution is 2.38. The lowest BCUT2D eigenvalue weighted by Gasteiger charge is -2.25. The fourth-order valence-corrected chi connectivity index (χ4v) is 4.51. The van der Waals surface area contributed by atoms with Crippen LogP contribution in [0.1, 0.15) is 12.5 Å². The van der Waals surface area contributed by atoms with Crippen LogP contribution in [0.2, 0.25) is 0 Å². The molecule has 1 aliphatic rings. The van der Waals surface area contributed by atoms with E-state index >= 15 is 0 Å². The molecule has 0 radical (unpaired) electrons. The highest BCUT2D eigenvalue weighted by atomic mass is 32.2. The summed E-state index contributed by atoms with van der Waals surface area (Å²) in [6.45, 7) is 2.02. The van der Waals surface area contributed by atoms with E-state index in [9.17, 15) is 18.3 Å². The summed E-state index contributed by atoms with van der Waals surface area (Å²) in [5.74, 6) is -1.04. The average Bonchev–Trinajstić information content (AvgIpc) is 2.96. The Morgan fingerprint density at radius 3 is 2.83 bits per heavy atom. The first-order valence-electron chi connectivity index (χ1n) is 7.38. The van der Waals surface area contributed by atoms with Crippen LogP contribution < -0.4 is 9.04 Å². The number of ether oxygens (including phenoxy) is 1. The number of benzene rings is 1. The maximum atomic E-state index is 13.2. The molecule has 0 aliphatic carbocycles. The molecular weight excluding hydrogens is 332 g/mol. The predicted octanol–water partition coefficient (Wildman–Crippen LogP) is 1.68. The van der Waals surface area contributed by atoms with Crippen molar-refractivity contribution in [3.63, 3.8) is 0 Å². The number of fused-ring (bicyclic) bond motifs is 1. The van der Waals surface area contributed by atoms with E-state index < -0.39 is 22.0 Å². The van der Waals surface area contributed by atoms with E-state index in [1.807, 2.05) is 0 Å². The van der Waals surface area contributed by atoms with Gasteiger partial charge in [-0.3, -0.25) is 9.29 Å². The van der Waals surface area contributed by atoms with Gasteiger partial charge in [-0.1, -0.05) is 18.2 Å². The molecule has 1 N–H and O–H groups in total. The van der Waals surface area contributed by atoms with Crippen molar-refractivity contribution in [2.24, 2.45) is 0 Å². The number of para-hydroxylation sites is 1. The van der Waals surface area contributed by atoms with Gasteiger partial charge >= 0.3 is 5.97 Å². The first-order valence-corrected chi connectivity index (χ1v) is 8.82. The number of hydrogen-bond donors (Lipinski definition) is 1. The number of hydrogen-bond acceptors (Lipinski definition) is 5. The quantitative estimate of drug-likeness (QED) is 0.883. The molecule has 1 aromatic carbocycles. The smallest absolute Gasteiger partial charge is 0.327 e. The minimum atomic E-state index is -4.13. The van der Waals surface area contributed by atoms with Crippen LogP contribution in [0.4, 0.5) is 5.69 Å². The van der Waals surface area contributed by atoms with Crippen LogP contribution in [0.3, 0.4) is 0 Å². The summed E-state index contributed by atoms with van der Waals surface area (Å²) in [5.41, 5.74) is 1.05. The highest BCUT2D eigenvalue weighted by Gasteiger charge is 2.43. The van der Waals surface area contributed by atoms with E-state index in [-0.39, 0.29) is 23.7 Å². The van der Waals surface area contributed by atoms with E-state index in [1.54, 1.807) is 31.2 Å². The molecule has 2 heterocycles. The highest BCUT2D eigenvalue weighted by molar-refractivity contribution is 7.93. The summed E-state index contributed by atoms with van der Waals surface area (Å²) in [4.78, 5) is 15.3. The summed E-state index contributed by atoms with van der Waals surface area (Å²) < 4.78 is 32.6. The number of nitrogens with zero attached hydrogens (tertiary/aromatic N) is 2. The normalized spacial score (nSPS) is 16.7. The fourth-order valence-electron chi connectivity index (χ4n) is 2.78. The van der Waals surface area contributed by atoms with Crippen molar-refractivity contribution in [2.45, 2.75) is 24.3 Å². The Morgan fingerprint density at radius 1 is 1.38 bits per heavy atom. The van der Waals surface area contributed by atoms with Crippen molar-refractivity contribution in [3.05, 3.63) is 48.3 Å². The molecule has 0 amide bonds. The predicted molar refractivity (Wildman–Crippen MR) is 86.6 cm³/mol. The molecule has 0 saturated carbocycles. The topological polar surface area (TPSA) is 96.8 Å². The van der Waals surface area contributed by atoms with Crippen LogP contribution in [-0.4, -0.2) is 37.1 Å². The molecule has 0 spiro atoms.